The van der Waals surface area contributed by atoms with Crippen LogP contribution in [-0.2, 0) is 35.1 Å². The highest BCUT2D eigenvalue weighted by Crippen LogP contribution is 2.58. The average Bonchev–Trinajstić information content (AvgIpc) is 4.17. The van der Waals surface area contributed by atoms with Crippen molar-refractivity contribution in [1.29, 1.82) is 0 Å². The quantitative estimate of drug-likeness (QED) is 0.280. The molecule has 2 aromatic rings. The van der Waals surface area contributed by atoms with Crippen molar-refractivity contribution < 1.29 is 59.4 Å². The number of carbonyl (C=O) groups excluding carboxylic acids is 4. The van der Waals surface area contributed by atoms with Crippen LogP contribution in [0.1, 0.15) is 105 Å². The monoisotopic (exact) mass is 908 g/mol. The molecule has 5 fully saturated rings. The number of alkyl carbamates (subject to hydrolysis) is 1. The number of hydrogen-bond donors (Lipinski definition) is 3. The number of benzene rings is 1. The average molecular weight is 909 g/mol. The Labute approximate surface area is 363 Å². The molecular weight excluding hydrogens is 853 g/mol. The summed E-state index contributed by atoms with van der Waals surface area (Å²) in [5, 5.41) is 5.17. The molecule has 1 aromatic heterocycles. The topological polar surface area (TPSA) is 195 Å². The van der Waals surface area contributed by atoms with E-state index < -0.39 is 129 Å². The zero-order valence-corrected chi connectivity index (χ0v) is 37.0. The van der Waals surface area contributed by atoms with Crippen LogP contribution in [0.3, 0.4) is 0 Å². The number of halogens is 4. The van der Waals surface area contributed by atoms with Crippen molar-refractivity contribution in [3.63, 3.8) is 0 Å². The molecule has 4 saturated carbocycles. The Kier molecular flexibility index (Phi) is 11.4. The first-order chi connectivity index (χ1) is 29.5. The number of ether oxygens (including phenoxy) is 3. The summed E-state index contributed by atoms with van der Waals surface area (Å²) in [4.78, 5) is 67.3. The Balaban J connectivity index is 1.20. The third kappa shape index (κ3) is 8.37. The van der Waals surface area contributed by atoms with Gasteiger partial charge in [0.15, 0.2) is 5.69 Å². The van der Waals surface area contributed by atoms with E-state index >= 15 is 13.6 Å². The minimum Gasteiger partial charge on any atom is -0.497 e. The molecule has 1 aromatic carbocycles. The molecule has 3 heterocycles. The Morgan fingerprint density at radius 2 is 1.76 bits per heavy atom. The molecule has 4 aliphatic carbocycles. The van der Waals surface area contributed by atoms with Crippen LogP contribution in [-0.4, -0.2) is 102 Å². The molecule has 1 saturated heterocycles. The fraction of sp³-hybridized carbons (Fsp3) is 0.721. The maximum atomic E-state index is 16.6. The van der Waals surface area contributed by atoms with Crippen LogP contribution in [0, 0.1) is 35.0 Å². The molecule has 2 bridgehead atoms. The van der Waals surface area contributed by atoms with Crippen LogP contribution in [0.2, 0.25) is 0 Å². The highest BCUT2D eigenvalue weighted by molar-refractivity contribution is 7.91. The minimum absolute atomic E-state index is 0.0539. The number of rotatable bonds is 8. The Bertz CT molecular complexity index is 2290. The van der Waals surface area contributed by atoms with Crippen LogP contribution in [0.5, 0.6) is 11.6 Å². The summed E-state index contributed by atoms with van der Waals surface area (Å²) < 4.78 is 107. The van der Waals surface area contributed by atoms with E-state index in [0.717, 1.165) is 11.3 Å². The van der Waals surface area contributed by atoms with E-state index in [-0.39, 0.29) is 42.6 Å². The lowest BCUT2D eigenvalue weighted by atomic mass is 9.85. The van der Waals surface area contributed by atoms with Gasteiger partial charge < -0.3 is 29.7 Å². The summed E-state index contributed by atoms with van der Waals surface area (Å²) in [7, 11) is -2.89. The van der Waals surface area contributed by atoms with Gasteiger partial charge in [-0.3, -0.25) is 19.1 Å². The largest absolute Gasteiger partial charge is 0.497 e. The number of sulfonamides is 1. The van der Waals surface area contributed by atoms with Crippen LogP contribution in [0.4, 0.5) is 22.4 Å². The molecule has 1 unspecified atom stereocenters. The SMILES string of the molecule is CC[C@@H]1[C@@H]2CN(C(=O)[C@H](C(C)(C)C)NC(=O)O[C@@H]3C[C@@H]4C[C@@H]4[C@H]3CCCCC(F)(F)c3nc4ccc(OC)cc4nc3O2)[C@@H]1C(=O)N[C@]1(C(=O)NS(=O)(=O)C2(C)CC2)CC1C(F)F. The number of nitrogens with zero attached hydrogens (tertiary/aromatic N) is 3. The van der Waals surface area contributed by atoms with E-state index in [1.807, 2.05) is 4.72 Å². The molecule has 4 amide bonds. The van der Waals surface area contributed by atoms with Gasteiger partial charge in [-0.25, -0.2) is 32.0 Å². The molecule has 3 N–H and O–H groups in total. The fourth-order valence-electron chi connectivity index (χ4n) is 10.1. The van der Waals surface area contributed by atoms with Crippen molar-refractivity contribution in [1.82, 2.24) is 30.2 Å². The highest BCUT2D eigenvalue weighted by atomic mass is 32.2. The summed E-state index contributed by atoms with van der Waals surface area (Å²) >= 11 is 0. The Morgan fingerprint density at radius 1 is 1.03 bits per heavy atom. The fourth-order valence-corrected chi connectivity index (χ4v) is 11.4. The van der Waals surface area contributed by atoms with Crippen molar-refractivity contribution in [2.75, 3.05) is 13.7 Å². The predicted octanol–water partition coefficient (Wildman–Crippen LogP) is 5.59. The Morgan fingerprint density at radius 3 is 2.40 bits per heavy atom. The predicted molar refractivity (Wildman–Crippen MR) is 218 cm³/mol. The number of carbonyl (C=O) groups is 4. The van der Waals surface area contributed by atoms with Crippen molar-refractivity contribution in [3.8, 4) is 11.6 Å². The van der Waals surface area contributed by atoms with Crippen molar-refractivity contribution in [2.45, 2.75) is 146 Å². The van der Waals surface area contributed by atoms with Gasteiger partial charge in [0.25, 0.3) is 11.8 Å². The summed E-state index contributed by atoms with van der Waals surface area (Å²) in [5.41, 5.74) is -3.81. The summed E-state index contributed by atoms with van der Waals surface area (Å²) in [6, 6.07) is 1.62. The van der Waals surface area contributed by atoms with Crippen LogP contribution in [0.25, 0.3) is 11.0 Å². The maximum Gasteiger partial charge on any atom is 0.408 e. The molecule has 0 radical (unpaired) electrons. The third-order valence-corrected chi connectivity index (χ3v) is 16.6. The number of amides is 4. The first-order valence-electron chi connectivity index (χ1n) is 21.9. The molecule has 6 aliphatic rings. The second-order valence-electron chi connectivity index (χ2n) is 19.8. The molecule has 8 rings (SSSR count). The van der Waals surface area contributed by atoms with E-state index in [0.29, 0.717) is 36.8 Å². The standard InChI is InChI=1S/C43H56F4N6O9S/c1-7-23-30-20-53(31(23)35(54)51-42(19-26(42)34(44)45)38(56)52-63(58,59)41(5)14-15-41)37(55)33(40(2,3)4)50-39(57)62-29-17-21-16-25(21)24(29)10-8-9-13-43(46,47)32-36(61-30)49-28-18-22(60-6)11-12-27(28)48-32/h11-12,18,21,23-26,29-31,33-34H,7-10,13-17,19-20H2,1-6H3,(H,50,57)(H,51,54)(H,52,56)/t21-,23+,24+,25-,26?,29+,30-,31-,33+,42+/m0/s1. The van der Waals surface area contributed by atoms with E-state index in [1.165, 1.54) is 26.2 Å². The number of hydrogen-bond acceptors (Lipinski definition) is 11. The first-order valence-corrected chi connectivity index (χ1v) is 23.4. The zero-order chi connectivity index (χ0) is 45.6. The summed E-state index contributed by atoms with van der Waals surface area (Å²) in [6.07, 6.45) is -3.77. The summed E-state index contributed by atoms with van der Waals surface area (Å²) in [5.74, 6) is -9.17. The molecule has 10 atom stereocenters. The van der Waals surface area contributed by atoms with Gasteiger partial charge in [-0.15, -0.1) is 0 Å². The first kappa shape index (κ1) is 45.1. The zero-order valence-electron chi connectivity index (χ0n) is 36.2. The third-order valence-electron chi connectivity index (χ3n) is 14.4. The molecule has 63 heavy (non-hydrogen) atoms. The van der Waals surface area contributed by atoms with Crippen molar-refractivity contribution in [3.05, 3.63) is 23.9 Å². The van der Waals surface area contributed by atoms with Gasteiger partial charge in [0.2, 0.25) is 34.1 Å². The lowest BCUT2D eigenvalue weighted by Crippen LogP contribution is -2.61. The second kappa shape index (κ2) is 15.9. The number of methoxy groups -OCH3 is 1. The second-order valence-corrected chi connectivity index (χ2v) is 22.0. The molecule has 2 aliphatic heterocycles. The normalized spacial score (nSPS) is 33.6. The Hall–Kier alpha value is -4.49. The van der Waals surface area contributed by atoms with E-state index in [1.54, 1.807) is 33.8 Å². The van der Waals surface area contributed by atoms with Gasteiger partial charge in [-0.1, -0.05) is 34.1 Å². The smallest absolute Gasteiger partial charge is 0.408 e. The molecule has 15 nitrogen and oxygen atoms in total. The number of aromatic nitrogens is 2. The van der Waals surface area contributed by atoms with E-state index in [2.05, 4.69) is 20.6 Å². The van der Waals surface area contributed by atoms with Gasteiger partial charge >= 0.3 is 6.09 Å². The lowest BCUT2D eigenvalue weighted by molar-refractivity contribution is -0.144. The maximum absolute atomic E-state index is 16.6. The molecule has 0 spiro atoms. The summed E-state index contributed by atoms with van der Waals surface area (Å²) in [6.45, 7) is 7.71. The molecule has 20 heteroatoms. The van der Waals surface area contributed by atoms with Crippen molar-refractivity contribution in [2.24, 2.45) is 35.0 Å². The van der Waals surface area contributed by atoms with Gasteiger partial charge in [0.05, 0.1) is 35.4 Å². The van der Waals surface area contributed by atoms with Crippen LogP contribution < -0.4 is 24.8 Å². The highest BCUT2D eigenvalue weighted by Gasteiger charge is 2.68. The van der Waals surface area contributed by atoms with Crippen LogP contribution >= 0.6 is 0 Å². The van der Waals surface area contributed by atoms with Gasteiger partial charge in [0, 0.05) is 18.4 Å². The number of nitrogens with one attached hydrogen (secondary N) is 3. The van der Waals surface area contributed by atoms with Gasteiger partial charge in [0.1, 0.15) is 35.6 Å². The van der Waals surface area contributed by atoms with E-state index in [4.69, 9.17) is 14.2 Å². The minimum atomic E-state index is -4.32. The van der Waals surface area contributed by atoms with Crippen molar-refractivity contribution >= 4 is 44.9 Å². The van der Waals surface area contributed by atoms with Crippen LogP contribution in [0.15, 0.2) is 18.2 Å². The van der Waals surface area contributed by atoms with Gasteiger partial charge in [-0.2, -0.15) is 8.78 Å². The number of alkyl halides is 4. The lowest BCUT2D eigenvalue weighted by Gasteiger charge is -2.36. The van der Waals surface area contributed by atoms with Gasteiger partial charge in [-0.05, 0) is 93.6 Å². The number of fused-ring (bicyclic) bond motifs is 7. The van der Waals surface area contributed by atoms with E-state index in [9.17, 15) is 31.6 Å². The molecular formula is C43H56F4N6O9S. The molecule has 346 valence electrons.